The fourth-order valence-corrected chi connectivity index (χ4v) is 4.58. The predicted octanol–water partition coefficient (Wildman–Crippen LogP) is 6.39. The summed E-state index contributed by atoms with van der Waals surface area (Å²) >= 11 is 0. The van der Waals surface area contributed by atoms with Crippen LogP contribution in [0.1, 0.15) is 85.1 Å². The first-order valence-corrected chi connectivity index (χ1v) is 11.3. The number of carbonyl (C=O) groups is 1. The van der Waals surface area contributed by atoms with Crippen LogP contribution < -0.4 is 4.74 Å². The standard InChI is InChI=1S/C25H39NO3/c1-24(2,3)20-9-13-22(14-10-20)28-21-11-7-18(8-12-21)19-15-16-26(17-19)23(27)29-25(4,5)6/h7-8,11-12,19-20,22H,9-10,13-17H2,1-6H3/t19?,20-,22-. The molecule has 3 rings (SSSR count). The fraction of sp³-hybridized carbons (Fsp3) is 0.720. The van der Waals surface area contributed by atoms with E-state index < -0.39 is 5.60 Å². The molecule has 29 heavy (non-hydrogen) atoms. The highest BCUT2D eigenvalue weighted by Gasteiger charge is 2.32. The van der Waals surface area contributed by atoms with Crippen LogP contribution in [0.2, 0.25) is 0 Å². The Bertz CT molecular complexity index is 676. The maximum absolute atomic E-state index is 12.3. The van der Waals surface area contributed by atoms with E-state index >= 15 is 0 Å². The average Bonchev–Trinajstić information content (AvgIpc) is 3.11. The maximum atomic E-state index is 12.3. The van der Waals surface area contributed by atoms with Crippen molar-refractivity contribution < 1.29 is 14.3 Å². The molecule has 1 atom stereocenters. The Balaban J connectivity index is 1.49. The van der Waals surface area contributed by atoms with Crippen molar-refractivity contribution in [1.82, 2.24) is 4.90 Å². The quantitative estimate of drug-likeness (QED) is 0.588. The molecule has 4 heteroatoms. The molecule has 162 valence electrons. The van der Waals surface area contributed by atoms with Crippen LogP contribution >= 0.6 is 0 Å². The minimum Gasteiger partial charge on any atom is -0.490 e. The molecule has 0 spiro atoms. The van der Waals surface area contributed by atoms with Crippen LogP contribution in [-0.2, 0) is 4.74 Å². The summed E-state index contributed by atoms with van der Waals surface area (Å²) in [5, 5.41) is 0. The highest BCUT2D eigenvalue weighted by Crippen LogP contribution is 2.39. The molecule has 2 fully saturated rings. The molecule has 0 N–H and O–H groups in total. The second-order valence-electron chi connectivity index (χ2n) is 10.9. The van der Waals surface area contributed by atoms with Crippen LogP contribution in [0.5, 0.6) is 5.75 Å². The molecule has 1 aromatic carbocycles. The summed E-state index contributed by atoms with van der Waals surface area (Å²) in [5.41, 5.74) is 1.24. The molecule has 0 radical (unpaired) electrons. The molecule has 1 amide bonds. The second kappa shape index (κ2) is 8.57. The van der Waals surface area contributed by atoms with Gasteiger partial charge in [0.15, 0.2) is 0 Å². The third-order valence-corrected chi connectivity index (χ3v) is 6.39. The van der Waals surface area contributed by atoms with E-state index in [2.05, 4.69) is 45.0 Å². The molecular weight excluding hydrogens is 362 g/mol. The van der Waals surface area contributed by atoms with Crippen molar-refractivity contribution >= 4 is 6.09 Å². The summed E-state index contributed by atoms with van der Waals surface area (Å²) in [7, 11) is 0. The molecule has 1 aliphatic carbocycles. The predicted molar refractivity (Wildman–Crippen MR) is 117 cm³/mol. The van der Waals surface area contributed by atoms with Crippen LogP contribution in [0.3, 0.4) is 0 Å². The van der Waals surface area contributed by atoms with Crippen molar-refractivity contribution in [2.45, 2.75) is 91.3 Å². The lowest BCUT2D eigenvalue weighted by Crippen LogP contribution is -2.35. The molecule has 0 aromatic heterocycles. The Morgan fingerprint density at radius 3 is 2.10 bits per heavy atom. The molecule has 1 saturated heterocycles. The summed E-state index contributed by atoms with van der Waals surface area (Å²) < 4.78 is 11.8. The zero-order valence-electron chi connectivity index (χ0n) is 19.2. The molecule has 1 aliphatic heterocycles. The molecule has 1 heterocycles. The Labute approximate surface area is 177 Å². The summed E-state index contributed by atoms with van der Waals surface area (Å²) in [5.74, 6) is 2.15. The lowest BCUT2D eigenvalue weighted by Gasteiger charge is -2.37. The van der Waals surface area contributed by atoms with Gasteiger partial charge in [0.05, 0.1) is 6.10 Å². The lowest BCUT2D eigenvalue weighted by atomic mass is 9.72. The zero-order chi connectivity index (χ0) is 21.2. The van der Waals surface area contributed by atoms with Crippen LogP contribution in [0.15, 0.2) is 24.3 Å². The number of nitrogens with zero attached hydrogens (tertiary/aromatic N) is 1. The first-order valence-electron chi connectivity index (χ1n) is 11.3. The number of likely N-dealkylation sites (tertiary alicyclic amines) is 1. The first-order chi connectivity index (χ1) is 13.5. The Hall–Kier alpha value is -1.71. The maximum Gasteiger partial charge on any atom is 0.410 e. The van der Waals surface area contributed by atoms with Crippen molar-refractivity contribution in [2.24, 2.45) is 11.3 Å². The average molecular weight is 402 g/mol. The number of amides is 1. The van der Waals surface area contributed by atoms with E-state index in [9.17, 15) is 4.79 Å². The van der Waals surface area contributed by atoms with E-state index in [1.165, 1.54) is 18.4 Å². The molecule has 1 aromatic rings. The van der Waals surface area contributed by atoms with Gasteiger partial charge in [-0.05, 0) is 81.9 Å². The zero-order valence-corrected chi connectivity index (χ0v) is 19.2. The fourth-order valence-electron chi connectivity index (χ4n) is 4.58. The summed E-state index contributed by atoms with van der Waals surface area (Å²) in [6, 6.07) is 8.53. The van der Waals surface area contributed by atoms with Crippen LogP contribution in [0, 0.1) is 11.3 Å². The molecule has 4 nitrogen and oxygen atoms in total. The number of hydrogen-bond donors (Lipinski definition) is 0. The van der Waals surface area contributed by atoms with Gasteiger partial charge in [0.2, 0.25) is 0 Å². The minimum atomic E-state index is -0.444. The first kappa shape index (κ1) is 22.0. The van der Waals surface area contributed by atoms with E-state index in [4.69, 9.17) is 9.47 Å². The van der Waals surface area contributed by atoms with E-state index in [1.54, 1.807) is 0 Å². The van der Waals surface area contributed by atoms with Crippen LogP contribution in [-0.4, -0.2) is 35.8 Å². The Kier molecular flexibility index (Phi) is 6.50. The van der Waals surface area contributed by atoms with Gasteiger partial charge in [0, 0.05) is 19.0 Å². The van der Waals surface area contributed by atoms with Crippen molar-refractivity contribution in [3.8, 4) is 5.75 Å². The monoisotopic (exact) mass is 401 g/mol. The van der Waals surface area contributed by atoms with E-state index in [1.807, 2.05) is 25.7 Å². The van der Waals surface area contributed by atoms with Gasteiger partial charge in [-0.3, -0.25) is 0 Å². The largest absolute Gasteiger partial charge is 0.490 e. The molecule has 1 saturated carbocycles. The SMILES string of the molecule is CC(C)(C)OC(=O)N1CCC(c2ccc(O[C@H]3CC[C@H](C(C)(C)C)CC3)cc2)C1. The van der Waals surface area contributed by atoms with Crippen molar-refractivity contribution in [3.05, 3.63) is 29.8 Å². The third kappa shape index (κ3) is 6.13. The minimum absolute atomic E-state index is 0.203. The smallest absolute Gasteiger partial charge is 0.410 e. The van der Waals surface area contributed by atoms with Gasteiger partial charge in [-0.15, -0.1) is 0 Å². The third-order valence-electron chi connectivity index (χ3n) is 6.39. The van der Waals surface area contributed by atoms with Crippen molar-refractivity contribution in [3.63, 3.8) is 0 Å². The lowest BCUT2D eigenvalue weighted by molar-refractivity contribution is 0.0292. The summed E-state index contributed by atoms with van der Waals surface area (Å²) in [6.07, 6.45) is 5.94. The van der Waals surface area contributed by atoms with Gasteiger partial charge in [0.1, 0.15) is 11.4 Å². The van der Waals surface area contributed by atoms with Gasteiger partial charge in [0.25, 0.3) is 0 Å². The number of benzene rings is 1. The second-order valence-corrected chi connectivity index (χ2v) is 10.9. The van der Waals surface area contributed by atoms with Crippen molar-refractivity contribution in [1.29, 1.82) is 0 Å². The molecule has 1 unspecified atom stereocenters. The van der Waals surface area contributed by atoms with Gasteiger partial charge >= 0.3 is 6.09 Å². The number of ether oxygens (including phenoxy) is 2. The number of carbonyl (C=O) groups excluding carboxylic acids is 1. The highest BCUT2D eigenvalue weighted by molar-refractivity contribution is 5.68. The van der Waals surface area contributed by atoms with E-state index in [-0.39, 0.29) is 6.09 Å². The Morgan fingerprint density at radius 1 is 0.931 bits per heavy atom. The van der Waals surface area contributed by atoms with Gasteiger partial charge in [-0.1, -0.05) is 32.9 Å². The van der Waals surface area contributed by atoms with Crippen LogP contribution in [0.25, 0.3) is 0 Å². The topological polar surface area (TPSA) is 38.8 Å². The van der Waals surface area contributed by atoms with E-state index in [0.717, 1.165) is 44.0 Å². The highest BCUT2D eigenvalue weighted by atomic mass is 16.6. The molecule has 2 aliphatic rings. The van der Waals surface area contributed by atoms with Gasteiger partial charge in [-0.25, -0.2) is 4.79 Å². The van der Waals surface area contributed by atoms with E-state index in [0.29, 0.717) is 17.4 Å². The number of hydrogen-bond acceptors (Lipinski definition) is 3. The Morgan fingerprint density at radius 2 is 1.55 bits per heavy atom. The normalized spacial score (nSPS) is 25.7. The van der Waals surface area contributed by atoms with Crippen LogP contribution in [0.4, 0.5) is 4.79 Å². The van der Waals surface area contributed by atoms with Gasteiger partial charge in [-0.2, -0.15) is 0 Å². The van der Waals surface area contributed by atoms with Gasteiger partial charge < -0.3 is 14.4 Å². The summed E-state index contributed by atoms with van der Waals surface area (Å²) in [4.78, 5) is 14.1. The molecule has 0 bridgehead atoms. The summed E-state index contributed by atoms with van der Waals surface area (Å²) in [6.45, 7) is 14.3. The van der Waals surface area contributed by atoms with Crippen molar-refractivity contribution in [2.75, 3.05) is 13.1 Å². The molecular formula is C25H39NO3. The number of rotatable bonds is 3.